The van der Waals surface area contributed by atoms with Crippen LogP contribution in [0.15, 0.2) is 22.7 Å². The first-order valence-corrected chi connectivity index (χ1v) is 6.14. The maximum absolute atomic E-state index is 13.0. The molecule has 3 heteroatoms. The summed E-state index contributed by atoms with van der Waals surface area (Å²) in [5.74, 6) is 0.671. The minimum Gasteiger partial charge on any atom is -0.310 e. The summed E-state index contributed by atoms with van der Waals surface area (Å²) >= 11 is 3.20. The molecule has 1 aromatic carbocycles. The largest absolute Gasteiger partial charge is 0.310 e. The maximum Gasteiger partial charge on any atom is 0.137 e. The zero-order valence-corrected chi connectivity index (χ0v) is 10.3. The predicted molar refractivity (Wildman–Crippen MR) is 63.2 cm³/mol. The van der Waals surface area contributed by atoms with Crippen LogP contribution in [-0.2, 0) is 0 Å². The van der Waals surface area contributed by atoms with Crippen LogP contribution in [0.3, 0.4) is 0 Å². The van der Waals surface area contributed by atoms with Gasteiger partial charge in [-0.15, -0.1) is 0 Å². The second-order valence-electron chi connectivity index (χ2n) is 4.25. The standard InChI is InChI=1S/C12H15BrFN/c1-8(15-7-9-2-3-9)10-4-5-12(14)11(13)6-10/h4-6,8-9,15H,2-3,7H2,1H3. The molecule has 1 aliphatic rings. The fraction of sp³-hybridized carbons (Fsp3) is 0.500. The summed E-state index contributed by atoms with van der Waals surface area (Å²) in [6.07, 6.45) is 2.71. The van der Waals surface area contributed by atoms with Crippen LogP contribution in [0.1, 0.15) is 31.4 Å². The topological polar surface area (TPSA) is 12.0 Å². The van der Waals surface area contributed by atoms with E-state index in [1.807, 2.05) is 12.1 Å². The Bertz CT molecular complexity index is 349. The second-order valence-corrected chi connectivity index (χ2v) is 5.10. The Morgan fingerprint density at radius 1 is 1.53 bits per heavy atom. The van der Waals surface area contributed by atoms with E-state index in [0.29, 0.717) is 10.5 Å². The summed E-state index contributed by atoms with van der Waals surface area (Å²) in [6.45, 7) is 3.19. The van der Waals surface area contributed by atoms with Gasteiger partial charge >= 0.3 is 0 Å². The van der Waals surface area contributed by atoms with Crippen LogP contribution in [0.2, 0.25) is 0 Å². The molecule has 1 N–H and O–H groups in total. The van der Waals surface area contributed by atoms with Crippen LogP contribution in [-0.4, -0.2) is 6.54 Å². The third kappa shape index (κ3) is 3.02. The lowest BCUT2D eigenvalue weighted by Gasteiger charge is -2.14. The van der Waals surface area contributed by atoms with E-state index in [2.05, 4.69) is 28.2 Å². The van der Waals surface area contributed by atoms with Crippen LogP contribution in [0.4, 0.5) is 4.39 Å². The molecule has 1 aliphatic carbocycles. The summed E-state index contributed by atoms with van der Waals surface area (Å²) in [5, 5.41) is 3.46. The van der Waals surface area contributed by atoms with Crippen molar-refractivity contribution in [2.75, 3.05) is 6.54 Å². The predicted octanol–water partition coefficient (Wildman–Crippen LogP) is 3.65. The normalized spacial score (nSPS) is 17.8. The first-order valence-electron chi connectivity index (χ1n) is 5.35. The van der Waals surface area contributed by atoms with Crippen LogP contribution < -0.4 is 5.32 Å². The van der Waals surface area contributed by atoms with E-state index in [1.165, 1.54) is 18.9 Å². The molecule has 1 atom stereocenters. The number of nitrogens with one attached hydrogen (secondary N) is 1. The first-order chi connectivity index (χ1) is 7.16. The molecule has 0 aliphatic heterocycles. The van der Waals surface area contributed by atoms with Gasteiger partial charge in [0.05, 0.1) is 4.47 Å². The lowest BCUT2D eigenvalue weighted by molar-refractivity contribution is 0.546. The van der Waals surface area contributed by atoms with Gasteiger partial charge < -0.3 is 5.32 Å². The van der Waals surface area contributed by atoms with Gasteiger partial charge in [-0.2, -0.15) is 0 Å². The Labute approximate surface area is 98.2 Å². The number of rotatable bonds is 4. The molecule has 82 valence electrons. The first kappa shape index (κ1) is 11.1. The van der Waals surface area contributed by atoms with E-state index in [0.717, 1.165) is 18.0 Å². The molecule has 1 saturated carbocycles. The van der Waals surface area contributed by atoms with Gasteiger partial charge in [-0.3, -0.25) is 0 Å². The minimum absolute atomic E-state index is 0.201. The Morgan fingerprint density at radius 3 is 2.87 bits per heavy atom. The zero-order valence-electron chi connectivity index (χ0n) is 8.76. The molecule has 0 bridgehead atoms. The number of hydrogen-bond donors (Lipinski definition) is 1. The van der Waals surface area contributed by atoms with Gasteiger partial charge in [-0.1, -0.05) is 6.07 Å². The monoisotopic (exact) mass is 271 g/mol. The van der Waals surface area contributed by atoms with Gasteiger partial charge in [-0.05, 0) is 65.9 Å². The summed E-state index contributed by atoms with van der Waals surface area (Å²) in [7, 11) is 0. The van der Waals surface area contributed by atoms with Gasteiger partial charge in [-0.25, -0.2) is 4.39 Å². The average molecular weight is 272 g/mol. The van der Waals surface area contributed by atoms with Gasteiger partial charge in [0.25, 0.3) is 0 Å². The van der Waals surface area contributed by atoms with E-state index < -0.39 is 0 Å². The van der Waals surface area contributed by atoms with Crippen molar-refractivity contribution in [1.29, 1.82) is 0 Å². The van der Waals surface area contributed by atoms with E-state index in [1.54, 1.807) is 0 Å². The molecule has 1 unspecified atom stereocenters. The van der Waals surface area contributed by atoms with Crippen molar-refractivity contribution < 1.29 is 4.39 Å². The molecule has 2 rings (SSSR count). The van der Waals surface area contributed by atoms with E-state index in [9.17, 15) is 4.39 Å². The SMILES string of the molecule is CC(NCC1CC1)c1ccc(F)c(Br)c1. The highest BCUT2D eigenvalue weighted by Gasteiger charge is 2.21. The van der Waals surface area contributed by atoms with E-state index >= 15 is 0 Å². The molecule has 0 aromatic heterocycles. The van der Waals surface area contributed by atoms with Crippen molar-refractivity contribution in [3.8, 4) is 0 Å². The molecular weight excluding hydrogens is 257 g/mol. The molecule has 15 heavy (non-hydrogen) atoms. The van der Waals surface area contributed by atoms with E-state index in [4.69, 9.17) is 0 Å². The lowest BCUT2D eigenvalue weighted by Crippen LogP contribution is -2.21. The van der Waals surface area contributed by atoms with Crippen molar-refractivity contribution in [3.63, 3.8) is 0 Å². The Balaban J connectivity index is 1.97. The molecule has 1 aromatic rings. The fourth-order valence-electron chi connectivity index (χ4n) is 1.56. The minimum atomic E-state index is -0.201. The van der Waals surface area contributed by atoms with Crippen molar-refractivity contribution in [2.24, 2.45) is 5.92 Å². The van der Waals surface area contributed by atoms with Gasteiger partial charge in [0.2, 0.25) is 0 Å². The smallest absolute Gasteiger partial charge is 0.137 e. The van der Waals surface area contributed by atoms with Crippen LogP contribution in [0.25, 0.3) is 0 Å². The summed E-state index contributed by atoms with van der Waals surface area (Å²) in [5.41, 5.74) is 1.13. The zero-order chi connectivity index (χ0) is 10.8. The molecule has 0 amide bonds. The Morgan fingerprint density at radius 2 is 2.27 bits per heavy atom. The second kappa shape index (κ2) is 4.62. The number of halogens is 2. The van der Waals surface area contributed by atoms with Crippen LogP contribution in [0, 0.1) is 11.7 Å². The van der Waals surface area contributed by atoms with Crippen LogP contribution in [0.5, 0.6) is 0 Å². The molecular formula is C12H15BrFN. The third-order valence-corrected chi connectivity index (χ3v) is 3.46. The summed E-state index contributed by atoms with van der Waals surface area (Å²) < 4.78 is 13.6. The summed E-state index contributed by atoms with van der Waals surface area (Å²) in [6, 6.07) is 5.49. The van der Waals surface area contributed by atoms with E-state index in [-0.39, 0.29) is 5.82 Å². The summed E-state index contributed by atoms with van der Waals surface area (Å²) in [4.78, 5) is 0. The molecule has 0 saturated heterocycles. The fourth-order valence-corrected chi connectivity index (χ4v) is 1.96. The molecule has 0 spiro atoms. The highest BCUT2D eigenvalue weighted by Crippen LogP contribution is 2.29. The van der Waals surface area contributed by atoms with Crippen molar-refractivity contribution in [1.82, 2.24) is 5.32 Å². The lowest BCUT2D eigenvalue weighted by atomic mass is 10.1. The highest BCUT2D eigenvalue weighted by atomic mass is 79.9. The maximum atomic E-state index is 13.0. The number of benzene rings is 1. The van der Waals surface area contributed by atoms with Crippen LogP contribution >= 0.6 is 15.9 Å². The van der Waals surface area contributed by atoms with Crippen molar-refractivity contribution >= 4 is 15.9 Å². The van der Waals surface area contributed by atoms with Gasteiger partial charge in [0, 0.05) is 6.04 Å². The number of hydrogen-bond acceptors (Lipinski definition) is 1. The highest BCUT2D eigenvalue weighted by molar-refractivity contribution is 9.10. The Kier molecular flexibility index (Phi) is 3.42. The van der Waals surface area contributed by atoms with Crippen molar-refractivity contribution in [2.45, 2.75) is 25.8 Å². The quantitative estimate of drug-likeness (QED) is 0.882. The van der Waals surface area contributed by atoms with Gasteiger partial charge in [0.1, 0.15) is 5.82 Å². The third-order valence-electron chi connectivity index (χ3n) is 2.85. The Hall–Kier alpha value is -0.410. The molecule has 1 nitrogen and oxygen atoms in total. The van der Waals surface area contributed by atoms with Crippen molar-refractivity contribution in [3.05, 3.63) is 34.1 Å². The molecule has 0 radical (unpaired) electrons. The molecule has 1 fully saturated rings. The van der Waals surface area contributed by atoms with Gasteiger partial charge in [0.15, 0.2) is 0 Å². The average Bonchev–Trinajstić information content (AvgIpc) is 3.02. The molecule has 0 heterocycles.